The van der Waals surface area contributed by atoms with Gasteiger partial charge < -0.3 is 9.13 Å². The summed E-state index contributed by atoms with van der Waals surface area (Å²) in [6, 6.07) is 61.4. The second-order valence-corrected chi connectivity index (χ2v) is 11.4. The molecule has 9 rings (SSSR count). The molecule has 0 aliphatic rings. The number of benzene rings is 7. The fraction of sp³-hybridized carbons (Fsp3) is 0. The van der Waals surface area contributed by atoms with E-state index in [4.69, 9.17) is 0 Å². The highest BCUT2D eigenvalue weighted by Crippen LogP contribution is 2.42. The maximum absolute atomic E-state index is 2.47. The molecular formula is C42H28N2. The number of nitrogens with zero attached hydrogens (tertiary/aromatic N) is 2. The van der Waals surface area contributed by atoms with Gasteiger partial charge in [-0.2, -0.15) is 0 Å². The van der Waals surface area contributed by atoms with E-state index in [0.29, 0.717) is 0 Å². The van der Waals surface area contributed by atoms with Crippen LogP contribution in [0.2, 0.25) is 0 Å². The maximum Gasteiger partial charge on any atom is 0.0618 e. The predicted molar refractivity (Wildman–Crippen MR) is 186 cm³/mol. The molecule has 0 saturated carbocycles. The summed E-state index contributed by atoms with van der Waals surface area (Å²) in [5.41, 5.74) is 12.0. The minimum Gasteiger partial charge on any atom is -0.309 e. The smallest absolute Gasteiger partial charge is 0.0618 e. The van der Waals surface area contributed by atoms with E-state index in [9.17, 15) is 0 Å². The van der Waals surface area contributed by atoms with E-state index in [1.807, 2.05) is 0 Å². The number of aromatic nitrogens is 2. The van der Waals surface area contributed by atoms with Crippen LogP contribution in [-0.4, -0.2) is 9.13 Å². The topological polar surface area (TPSA) is 9.86 Å². The van der Waals surface area contributed by atoms with Gasteiger partial charge in [0, 0.05) is 38.4 Å². The molecular weight excluding hydrogens is 532 g/mol. The first-order chi connectivity index (χ1) is 21.9. The summed E-state index contributed by atoms with van der Waals surface area (Å²) in [6.45, 7) is 0. The molecule has 2 aromatic heterocycles. The number of hydrogen-bond donors (Lipinski definition) is 0. The molecule has 9 aromatic rings. The minimum atomic E-state index is 1.15. The number of fused-ring (bicyclic) bond motifs is 6. The van der Waals surface area contributed by atoms with Gasteiger partial charge in [-0.05, 0) is 47.5 Å². The van der Waals surface area contributed by atoms with Crippen molar-refractivity contribution >= 4 is 43.6 Å². The molecule has 0 unspecified atom stereocenters. The monoisotopic (exact) mass is 560 g/mol. The zero-order chi connectivity index (χ0) is 29.0. The number of hydrogen-bond acceptors (Lipinski definition) is 0. The first kappa shape index (κ1) is 24.7. The largest absolute Gasteiger partial charge is 0.309 e. The summed E-state index contributed by atoms with van der Waals surface area (Å²) in [6.07, 6.45) is 0. The third-order valence-corrected chi connectivity index (χ3v) is 8.92. The van der Waals surface area contributed by atoms with Gasteiger partial charge in [0.1, 0.15) is 0 Å². The second-order valence-electron chi connectivity index (χ2n) is 11.4. The molecule has 0 aliphatic heterocycles. The van der Waals surface area contributed by atoms with Crippen molar-refractivity contribution in [3.8, 4) is 33.6 Å². The Balaban J connectivity index is 1.37. The molecule has 0 aliphatic carbocycles. The molecule has 7 aromatic carbocycles. The van der Waals surface area contributed by atoms with Gasteiger partial charge in [-0.1, -0.05) is 133 Å². The zero-order valence-corrected chi connectivity index (χ0v) is 24.1. The van der Waals surface area contributed by atoms with Gasteiger partial charge in [0.25, 0.3) is 0 Å². The lowest BCUT2D eigenvalue weighted by molar-refractivity contribution is 1.17. The van der Waals surface area contributed by atoms with Crippen LogP contribution in [0.1, 0.15) is 0 Å². The maximum atomic E-state index is 2.47. The minimum absolute atomic E-state index is 1.15. The Bertz CT molecular complexity index is 2390. The van der Waals surface area contributed by atoms with E-state index in [0.717, 1.165) is 5.69 Å². The first-order valence-corrected chi connectivity index (χ1v) is 15.1. The highest BCUT2D eigenvalue weighted by Gasteiger charge is 2.20. The summed E-state index contributed by atoms with van der Waals surface area (Å²) in [5.74, 6) is 0. The first-order valence-electron chi connectivity index (χ1n) is 15.1. The van der Waals surface area contributed by atoms with Gasteiger partial charge in [-0.25, -0.2) is 0 Å². The zero-order valence-electron chi connectivity index (χ0n) is 24.1. The lowest BCUT2D eigenvalue weighted by atomic mass is 9.95. The Morgan fingerprint density at radius 2 is 0.705 bits per heavy atom. The normalized spacial score (nSPS) is 11.6. The van der Waals surface area contributed by atoms with Crippen molar-refractivity contribution in [2.24, 2.45) is 0 Å². The lowest BCUT2D eigenvalue weighted by Crippen LogP contribution is -2.01. The van der Waals surface area contributed by atoms with Crippen LogP contribution in [0.5, 0.6) is 0 Å². The summed E-state index contributed by atoms with van der Waals surface area (Å²) < 4.78 is 4.87. The van der Waals surface area contributed by atoms with Gasteiger partial charge in [-0.15, -0.1) is 0 Å². The average molecular weight is 561 g/mol. The van der Waals surface area contributed by atoms with Crippen LogP contribution < -0.4 is 0 Å². The second kappa shape index (κ2) is 9.86. The van der Waals surface area contributed by atoms with Crippen molar-refractivity contribution in [3.05, 3.63) is 170 Å². The van der Waals surface area contributed by atoms with E-state index >= 15 is 0 Å². The van der Waals surface area contributed by atoms with Crippen LogP contribution in [0.3, 0.4) is 0 Å². The molecule has 2 heterocycles. The molecule has 44 heavy (non-hydrogen) atoms. The van der Waals surface area contributed by atoms with E-state index in [-0.39, 0.29) is 0 Å². The van der Waals surface area contributed by atoms with Crippen molar-refractivity contribution in [2.75, 3.05) is 0 Å². The van der Waals surface area contributed by atoms with Crippen LogP contribution in [0.25, 0.3) is 77.2 Å². The fourth-order valence-corrected chi connectivity index (χ4v) is 7.04. The van der Waals surface area contributed by atoms with Crippen LogP contribution in [-0.2, 0) is 0 Å². The van der Waals surface area contributed by atoms with Crippen LogP contribution in [0.15, 0.2) is 170 Å². The van der Waals surface area contributed by atoms with E-state index in [2.05, 4.69) is 179 Å². The van der Waals surface area contributed by atoms with Gasteiger partial charge in [-0.3, -0.25) is 0 Å². The standard InChI is InChI=1S/C42H28N2/c1-2-14-29(15-3-1)32-22-13-23-33(42(32)44-40-26-10-6-20-36(40)37-21-7-11-27-41(37)44)30-16-12-17-31(28-30)43-38-24-8-4-18-34(38)35-19-5-9-25-39(35)43/h1-28H. The molecule has 0 saturated heterocycles. The molecule has 0 amide bonds. The highest BCUT2D eigenvalue weighted by molar-refractivity contribution is 6.11. The Kier molecular flexibility index (Phi) is 5.54. The molecule has 206 valence electrons. The Labute approximate surface area is 255 Å². The van der Waals surface area contributed by atoms with Crippen LogP contribution in [0, 0.1) is 0 Å². The Morgan fingerprint density at radius 1 is 0.295 bits per heavy atom. The van der Waals surface area contributed by atoms with E-state index < -0.39 is 0 Å². The number of rotatable bonds is 4. The van der Waals surface area contributed by atoms with Crippen LogP contribution in [0.4, 0.5) is 0 Å². The van der Waals surface area contributed by atoms with E-state index in [1.165, 1.54) is 71.6 Å². The summed E-state index contributed by atoms with van der Waals surface area (Å²) in [7, 11) is 0. The van der Waals surface area contributed by atoms with Gasteiger partial charge in [0.05, 0.1) is 27.8 Å². The molecule has 0 fully saturated rings. The molecule has 0 bridgehead atoms. The Morgan fingerprint density at radius 3 is 1.25 bits per heavy atom. The summed E-state index contributed by atoms with van der Waals surface area (Å²) >= 11 is 0. The molecule has 0 radical (unpaired) electrons. The summed E-state index contributed by atoms with van der Waals surface area (Å²) in [4.78, 5) is 0. The van der Waals surface area contributed by atoms with Crippen molar-refractivity contribution < 1.29 is 0 Å². The third kappa shape index (κ3) is 3.68. The van der Waals surface area contributed by atoms with Gasteiger partial charge >= 0.3 is 0 Å². The molecule has 0 atom stereocenters. The SMILES string of the molecule is c1ccc(-c2cccc(-c3cccc(-n4c5ccccc5c5ccccc54)c3)c2-n2c3ccccc3c3ccccc32)cc1. The third-order valence-electron chi connectivity index (χ3n) is 8.92. The van der Waals surface area contributed by atoms with Gasteiger partial charge in [0.2, 0.25) is 0 Å². The number of para-hydroxylation sites is 5. The van der Waals surface area contributed by atoms with Crippen molar-refractivity contribution in [1.82, 2.24) is 9.13 Å². The van der Waals surface area contributed by atoms with E-state index in [1.54, 1.807) is 0 Å². The van der Waals surface area contributed by atoms with Gasteiger partial charge in [0.15, 0.2) is 0 Å². The van der Waals surface area contributed by atoms with Crippen molar-refractivity contribution in [1.29, 1.82) is 0 Å². The van der Waals surface area contributed by atoms with Crippen LogP contribution >= 0.6 is 0 Å². The van der Waals surface area contributed by atoms with Crippen molar-refractivity contribution in [3.63, 3.8) is 0 Å². The molecule has 0 spiro atoms. The fourth-order valence-electron chi connectivity index (χ4n) is 7.04. The average Bonchev–Trinajstić information content (AvgIpc) is 3.61. The molecule has 0 N–H and O–H groups in total. The summed E-state index contributed by atoms with van der Waals surface area (Å²) in [5, 5.41) is 5.06. The lowest BCUT2D eigenvalue weighted by Gasteiger charge is -2.20. The molecule has 2 heteroatoms. The van der Waals surface area contributed by atoms with Crippen molar-refractivity contribution in [2.45, 2.75) is 0 Å². The highest BCUT2D eigenvalue weighted by atomic mass is 15.0. The Hall–Kier alpha value is -5.86. The quantitative estimate of drug-likeness (QED) is 0.203. The molecule has 2 nitrogen and oxygen atoms in total. The predicted octanol–water partition coefficient (Wildman–Crippen LogP) is 11.2.